The van der Waals surface area contributed by atoms with Crippen molar-refractivity contribution in [2.75, 3.05) is 11.6 Å². The second-order valence-electron chi connectivity index (χ2n) is 5.54. The van der Waals surface area contributed by atoms with Crippen LogP contribution in [0, 0.1) is 13.8 Å². The fraction of sp³-hybridized carbons (Fsp3) is 0.211. The van der Waals surface area contributed by atoms with Gasteiger partial charge in [-0.15, -0.1) is 0 Å². The monoisotopic (exact) mass is 325 g/mol. The zero-order valence-corrected chi connectivity index (χ0v) is 14.3. The van der Waals surface area contributed by atoms with E-state index in [0.29, 0.717) is 5.76 Å². The zero-order chi connectivity index (χ0) is 16.4. The van der Waals surface area contributed by atoms with Crippen LogP contribution in [0.15, 0.2) is 46.9 Å². The smallest absolute Gasteiger partial charge is 0.291 e. The van der Waals surface area contributed by atoms with Gasteiger partial charge in [0, 0.05) is 22.4 Å². The average Bonchev–Trinajstić information content (AvgIpc) is 2.91. The summed E-state index contributed by atoms with van der Waals surface area (Å²) in [7, 11) is 0. The first-order chi connectivity index (χ1) is 11.1. The zero-order valence-electron chi connectivity index (χ0n) is 13.5. The molecular formula is C19H19NO2S. The molecule has 3 rings (SSSR count). The number of hydrogen-bond donors (Lipinski definition) is 1. The highest BCUT2D eigenvalue weighted by Crippen LogP contribution is 2.29. The maximum absolute atomic E-state index is 12.7. The van der Waals surface area contributed by atoms with Crippen molar-refractivity contribution in [2.45, 2.75) is 19.6 Å². The number of carbonyl (C=O) groups is 1. The third-order valence-corrected chi connectivity index (χ3v) is 4.62. The van der Waals surface area contributed by atoms with Crippen molar-refractivity contribution in [2.24, 2.45) is 0 Å². The Balaban J connectivity index is 2.00. The molecule has 0 fully saturated rings. The quantitative estimate of drug-likeness (QED) is 0.720. The van der Waals surface area contributed by atoms with Crippen LogP contribution in [-0.2, 0) is 5.75 Å². The summed E-state index contributed by atoms with van der Waals surface area (Å²) in [6.07, 6.45) is 2.02. The average molecular weight is 325 g/mol. The molecule has 0 atom stereocenters. The highest BCUT2D eigenvalue weighted by atomic mass is 32.2. The van der Waals surface area contributed by atoms with Crippen LogP contribution in [0.25, 0.3) is 11.0 Å². The molecule has 2 aromatic carbocycles. The van der Waals surface area contributed by atoms with E-state index < -0.39 is 0 Å². The normalized spacial score (nSPS) is 10.9. The van der Waals surface area contributed by atoms with Gasteiger partial charge in [0.15, 0.2) is 5.76 Å². The van der Waals surface area contributed by atoms with Crippen LogP contribution in [0.4, 0.5) is 5.69 Å². The fourth-order valence-corrected chi connectivity index (χ4v) is 3.21. The molecule has 0 saturated heterocycles. The molecule has 4 heteroatoms. The molecule has 0 aliphatic carbocycles. The number of aryl methyl sites for hydroxylation is 1. The van der Waals surface area contributed by atoms with E-state index in [1.807, 2.05) is 62.6 Å². The Hall–Kier alpha value is -2.20. The first-order valence-electron chi connectivity index (χ1n) is 7.48. The first kappa shape index (κ1) is 15.7. The Kier molecular flexibility index (Phi) is 4.44. The number of furan rings is 1. The van der Waals surface area contributed by atoms with Crippen molar-refractivity contribution < 1.29 is 9.21 Å². The van der Waals surface area contributed by atoms with Gasteiger partial charge in [-0.25, -0.2) is 0 Å². The molecule has 1 N–H and O–H groups in total. The fourth-order valence-electron chi connectivity index (χ4n) is 2.64. The highest BCUT2D eigenvalue weighted by Gasteiger charge is 2.20. The van der Waals surface area contributed by atoms with Gasteiger partial charge in [0.25, 0.3) is 5.91 Å². The summed E-state index contributed by atoms with van der Waals surface area (Å²) in [4.78, 5) is 12.7. The van der Waals surface area contributed by atoms with Gasteiger partial charge in [-0.2, -0.15) is 11.8 Å². The van der Waals surface area contributed by atoms with Crippen LogP contribution in [-0.4, -0.2) is 12.2 Å². The maximum Gasteiger partial charge on any atom is 0.291 e. The molecule has 0 radical (unpaired) electrons. The minimum Gasteiger partial charge on any atom is -0.451 e. The van der Waals surface area contributed by atoms with E-state index in [1.54, 1.807) is 11.8 Å². The number of amides is 1. The lowest BCUT2D eigenvalue weighted by atomic mass is 10.1. The molecule has 1 heterocycles. The van der Waals surface area contributed by atoms with Gasteiger partial charge in [-0.3, -0.25) is 4.79 Å². The molecule has 0 bridgehead atoms. The second-order valence-corrected chi connectivity index (χ2v) is 6.41. The lowest BCUT2D eigenvalue weighted by molar-refractivity contribution is 0.0997. The standard InChI is InChI=1S/C19H19NO2S/c1-12-7-6-9-16(13(12)2)20-19(21)18-15(11-23-3)14-8-4-5-10-17(14)22-18/h4-10H,11H2,1-3H3,(H,20,21). The topological polar surface area (TPSA) is 42.2 Å². The van der Waals surface area contributed by atoms with Crippen molar-refractivity contribution in [3.63, 3.8) is 0 Å². The predicted molar refractivity (Wildman–Crippen MR) is 97.3 cm³/mol. The number of hydrogen-bond acceptors (Lipinski definition) is 3. The van der Waals surface area contributed by atoms with Crippen LogP contribution >= 0.6 is 11.8 Å². The largest absolute Gasteiger partial charge is 0.451 e. The van der Waals surface area contributed by atoms with Gasteiger partial charge in [-0.05, 0) is 43.4 Å². The Bertz CT molecular complexity index is 867. The van der Waals surface area contributed by atoms with Crippen LogP contribution in [0.1, 0.15) is 27.2 Å². The van der Waals surface area contributed by atoms with E-state index >= 15 is 0 Å². The molecule has 0 spiro atoms. The number of benzene rings is 2. The molecule has 23 heavy (non-hydrogen) atoms. The molecule has 0 saturated carbocycles. The molecule has 1 amide bonds. The SMILES string of the molecule is CSCc1c(C(=O)Nc2cccc(C)c2C)oc2ccccc12. The second kappa shape index (κ2) is 6.50. The van der Waals surface area contributed by atoms with E-state index in [2.05, 4.69) is 5.32 Å². The molecule has 3 aromatic rings. The van der Waals surface area contributed by atoms with Crippen LogP contribution in [0.5, 0.6) is 0 Å². The lowest BCUT2D eigenvalue weighted by Gasteiger charge is -2.10. The van der Waals surface area contributed by atoms with Gasteiger partial charge in [-0.1, -0.05) is 30.3 Å². The van der Waals surface area contributed by atoms with E-state index in [0.717, 1.165) is 39.1 Å². The third kappa shape index (κ3) is 2.99. The van der Waals surface area contributed by atoms with Gasteiger partial charge in [0.05, 0.1) is 0 Å². The molecule has 0 unspecified atom stereocenters. The molecule has 3 nitrogen and oxygen atoms in total. The van der Waals surface area contributed by atoms with Gasteiger partial charge in [0.1, 0.15) is 5.58 Å². The lowest BCUT2D eigenvalue weighted by Crippen LogP contribution is -2.14. The van der Waals surface area contributed by atoms with Crippen molar-refractivity contribution in [1.29, 1.82) is 0 Å². The number of anilines is 1. The van der Waals surface area contributed by atoms with E-state index in [4.69, 9.17) is 4.42 Å². The Morgan fingerprint density at radius 1 is 1.13 bits per heavy atom. The molecule has 0 aliphatic heterocycles. The maximum atomic E-state index is 12.7. The van der Waals surface area contributed by atoms with Gasteiger partial charge in [0.2, 0.25) is 0 Å². The predicted octanol–water partition coefficient (Wildman–Crippen LogP) is 5.16. The number of nitrogens with one attached hydrogen (secondary N) is 1. The Morgan fingerprint density at radius 2 is 1.91 bits per heavy atom. The Labute approximate surface area is 140 Å². The molecule has 118 valence electrons. The van der Waals surface area contributed by atoms with Crippen LogP contribution in [0.2, 0.25) is 0 Å². The summed E-state index contributed by atoms with van der Waals surface area (Å²) in [6, 6.07) is 13.7. The summed E-state index contributed by atoms with van der Waals surface area (Å²) >= 11 is 1.68. The number of rotatable bonds is 4. The first-order valence-corrected chi connectivity index (χ1v) is 8.88. The van der Waals surface area contributed by atoms with E-state index in [1.165, 1.54) is 0 Å². The van der Waals surface area contributed by atoms with Crippen LogP contribution in [0.3, 0.4) is 0 Å². The van der Waals surface area contributed by atoms with E-state index in [-0.39, 0.29) is 5.91 Å². The van der Waals surface area contributed by atoms with Crippen molar-refractivity contribution >= 4 is 34.3 Å². The number of fused-ring (bicyclic) bond motifs is 1. The summed E-state index contributed by atoms with van der Waals surface area (Å²) in [5, 5.41) is 3.99. The molecular weight excluding hydrogens is 306 g/mol. The summed E-state index contributed by atoms with van der Waals surface area (Å²) in [5.74, 6) is 0.951. The van der Waals surface area contributed by atoms with Crippen molar-refractivity contribution in [1.82, 2.24) is 0 Å². The summed E-state index contributed by atoms with van der Waals surface area (Å²) < 4.78 is 5.83. The minimum atomic E-state index is -0.195. The van der Waals surface area contributed by atoms with Gasteiger partial charge >= 0.3 is 0 Å². The van der Waals surface area contributed by atoms with Crippen molar-refractivity contribution in [3.05, 3.63) is 64.9 Å². The number of carbonyl (C=O) groups excluding carboxylic acids is 1. The number of thioether (sulfide) groups is 1. The summed E-state index contributed by atoms with van der Waals surface area (Å²) in [5.41, 5.74) is 4.75. The van der Waals surface area contributed by atoms with E-state index in [9.17, 15) is 4.79 Å². The highest BCUT2D eigenvalue weighted by molar-refractivity contribution is 7.97. The minimum absolute atomic E-state index is 0.195. The number of para-hydroxylation sites is 1. The summed E-state index contributed by atoms with van der Waals surface area (Å²) in [6.45, 7) is 4.04. The van der Waals surface area contributed by atoms with Crippen molar-refractivity contribution in [3.8, 4) is 0 Å². The van der Waals surface area contributed by atoms with Crippen LogP contribution < -0.4 is 5.32 Å². The van der Waals surface area contributed by atoms with Gasteiger partial charge < -0.3 is 9.73 Å². The molecule has 0 aliphatic rings. The molecule has 1 aromatic heterocycles. The third-order valence-electron chi connectivity index (χ3n) is 4.05. The Morgan fingerprint density at radius 3 is 2.70 bits per heavy atom.